The lowest BCUT2D eigenvalue weighted by Gasteiger charge is -2.11. The van der Waals surface area contributed by atoms with Crippen molar-refractivity contribution in [3.63, 3.8) is 0 Å². The van der Waals surface area contributed by atoms with E-state index in [0.29, 0.717) is 10.4 Å². The van der Waals surface area contributed by atoms with Gasteiger partial charge in [0.25, 0.3) is 5.91 Å². The maximum absolute atomic E-state index is 12.4. The van der Waals surface area contributed by atoms with E-state index in [2.05, 4.69) is 5.32 Å². The normalized spacial score (nSPS) is 10.8. The lowest BCUT2D eigenvalue weighted by molar-refractivity contribution is -0.131. The molecule has 0 bridgehead atoms. The van der Waals surface area contributed by atoms with Crippen LogP contribution in [0.15, 0.2) is 35.7 Å². The fraction of sp³-hybridized carbons (Fsp3) is 0.125. The molecular formula is C16H15NO3S. The third kappa shape index (κ3) is 3.58. The van der Waals surface area contributed by atoms with Gasteiger partial charge in [-0.05, 0) is 48.1 Å². The highest BCUT2D eigenvalue weighted by Crippen LogP contribution is 2.23. The maximum atomic E-state index is 12.4. The Kier molecular flexibility index (Phi) is 4.55. The summed E-state index contributed by atoms with van der Waals surface area (Å²) in [5, 5.41) is 13.3. The Morgan fingerprint density at radius 2 is 1.86 bits per heavy atom. The standard InChI is InChI=1S/C16H15NO3S/c1-10-4-3-5-11(2)14(10)17-16(20)15-12(8-9-21-15)6-7-13(18)19/h3-9H,1-2H3,(H,17,20)(H,18,19). The minimum atomic E-state index is -1.04. The number of amides is 1. The number of benzene rings is 1. The van der Waals surface area contributed by atoms with Crippen LogP contribution in [0.4, 0.5) is 5.69 Å². The zero-order valence-electron chi connectivity index (χ0n) is 11.7. The third-order valence-corrected chi connectivity index (χ3v) is 3.96. The summed E-state index contributed by atoms with van der Waals surface area (Å²) in [6, 6.07) is 7.53. The molecule has 0 radical (unpaired) electrons. The number of carbonyl (C=O) groups excluding carboxylic acids is 1. The third-order valence-electron chi connectivity index (χ3n) is 3.03. The molecule has 2 aromatic rings. The van der Waals surface area contributed by atoms with Crippen molar-refractivity contribution in [1.29, 1.82) is 0 Å². The fourth-order valence-corrected chi connectivity index (χ4v) is 2.76. The summed E-state index contributed by atoms with van der Waals surface area (Å²) in [5.41, 5.74) is 3.38. The minimum Gasteiger partial charge on any atom is -0.478 e. The number of hydrogen-bond acceptors (Lipinski definition) is 3. The molecule has 0 atom stereocenters. The first-order valence-corrected chi connectivity index (χ1v) is 7.23. The van der Waals surface area contributed by atoms with Gasteiger partial charge in [-0.2, -0.15) is 0 Å². The van der Waals surface area contributed by atoms with Crippen molar-refractivity contribution < 1.29 is 14.7 Å². The molecule has 5 heteroatoms. The van der Waals surface area contributed by atoms with E-state index in [-0.39, 0.29) is 5.91 Å². The second-order valence-electron chi connectivity index (χ2n) is 4.60. The van der Waals surface area contributed by atoms with Gasteiger partial charge in [-0.3, -0.25) is 4.79 Å². The summed E-state index contributed by atoms with van der Waals surface area (Å²) in [6.45, 7) is 3.87. The highest BCUT2D eigenvalue weighted by atomic mass is 32.1. The first kappa shape index (κ1) is 15.0. The predicted molar refractivity (Wildman–Crippen MR) is 84.9 cm³/mol. The second-order valence-corrected chi connectivity index (χ2v) is 5.51. The van der Waals surface area contributed by atoms with Gasteiger partial charge >= 0.3 is 5.97 Å². The number of carboxylic acids is 1. The summed E-state index contributed by atoms with van der Waals surface area (Å²) in [7, 11) is 0. The molecule has 1 aromatic heterocycles. The van der Waals surface area contributed by atoms with Crippen LogP contribution in [0.1, 0.15) is 26.4 Å². The molecule has 0 aliphatic rings. The molecule has 4 nitrogen and oxygen atoms in total. The van der Waals surface area contributed by atoms with Crippen molar-refractivity contribution >= 4 is 35.0 Å². The van der Waals surface area contributed by atoms with E-state index in [4.69, 9.17) is 5.11 Å². The molecule has 108 valence electrons. The number of nitrogens with one attached hydrogen (secondary N) is 1. The predicted octanol–water partition coefficient (Wildman–Crippen LogP) is 3.72. The zero-order chi connectivity index (χ0) is 15.4. The van der Waals surface area contributed by atoms with Crippen LogP contribution in [0.25, 0.3) is 6.08 Å². The van der Waals surface area contributed by atoms with Crippen LogP contribution in [0.3, 0.4) is 0 Å². The SMILES string of the molecule is Cc1cccc(C)c1NC(=O)c1sccc1C=CC(=O)O. The summed E-state index contributed by atoms with van der Waals surface area (Å²) in [6.07, 6.45) is 2.45. The summed E-state index contributed by atoms with van der Waals surface area (Å²) >= 11 is 1.28. The van der Waals surface area contributed by atoms with E-state index in [0.717, 1.165) is 22.9 Å². The molecule has 21 heavy (non-hydrogen) atoms. The van der Waals surface area contributed by atoms with E-state index in [1.807, 2.05) is 32.0 Å². The lowest BCUT2D eigenvalue weighted by atomic mass is 10.1. The topological polar surface area (TPSA) is 66.4 Å². The Hall–Kier alpha value is -2.40. The summed E-state index contributed by atoms with van der Waals surface area (Å²) in [5.74, 6) is -1.27. The van der Waals surface area contributed by atoms with E-state index in [1.54, 1.807) is 11.4 Å². The molecule has 1 aromatic carbocycles. The molecule has 1 heterocycles. The van der Waals surface area contributed by atoms with E-state index in [9.17, 15) is 9.59 Å². The van der Waals surface area contributed by atoms with Crippen LogP contribution < -0.4 is 5.32 Å². The Morgan fingerprint density at radius 3 is 2.48 bits per heavy atom. The van der Waals surface area contributed by atoms with E-state index in [1.165, 1.54) is 17.4 Å². The Morgan fingerprint density at radius 1 is 1.19 bits per heavy atom. The number of aliphatic carboxylic acids is 1. The molecule has 0 saturated carbocycles. The molecular weight excluding hydrogens is 286 g/mol. The molecule has 0 unspecified atom stereocenters. The second kappa shape index (κ2) is 6.37. The number of carbonyl (C=O) groups is 2. The van der Waals surface area contributed by atoms with Crippen LogP contribution in [0, 0.1) is 13.8 Å². The van der Waals surface area contributed by atoms with Gasteiger partial charge in [-0.15, -0.1) is 11.3 Å². The molecule has 0 fully saturated rings. The van der Waals surface area contributed by atoms with Crippen LogP contribution in [-0.2, 0) is 4.79 Å². The molecule has 2 rings (SSSR count). The van der Waals surface area contributed by atoms with Gasteiger partial charge in [0.1, 0.15) is 0 Å². The number of rotatable bonds is 4. The molecule has 1 amide bonds. The van der Waals surface area contributed by atoms with Gasteiger partial charge in [0.2, 0.25) is 0 Å². The van der Waals surface area contributed by atoms with Crippen LogP contribution >= 0.6 is 11.3 Å². The average molecular weight is 301 g/mol. The van der Waals surface area contributed by atoms with Gasteiger partial charge in [-0.1, -0.05) is 18.2 Å². The molecule has 0 saturated heterocycles. The van der Waals surface area contributed by atoms with Gasteiger partial charge in [-0.25, -0.2) is 4.79 Å². The first-order valence-electron chi connectivity index (χ1n) is 6.35. The Labute approximate surface area is 126 Å². The van der Waals surface area contributed by atoms with Crippen molar-refractivity contribution in [3.8, 4) is 0 Å². The lowest BCUT2D eigenvalue weighted by Crippen LogP contribution is -2.13. The largest absolute Gasteiger partial charge is 0.478 e. The smallest absolute Gasteiger partial charge is 0.328 e. The van der Waals surface area contributed by atoms with Crippen molar-refractivity contribution in [1.82, 2.24) is 0 Å². The van der Waals surface area contributed by atoms with Crippen molar-refractivity contribution in [2.45, 2.75) is 13.8 Å². The number of carboxylic acid groups (broad SMARTS) is 1. The molecule has 0 aliphatic heterocycles. The van der Waals surface area contributed by atoms with Gasteiger partial charge in [0.15, 0.2) is 0 Å². The number of aryl methyl sites for hydroxylation is 2. The average Bonchev–Trinajstić information content (AvgIpc) is 2.89. The molecule has 0 aliphatic carbocycles. The van der Waals surface area contributed by atoms with Gasteiger partial charge in [0.05, 0.1) is 4.88 Å². The monoisotopic (exact) mass is 301 g/mol. The minimum absolute atomic E-state index is 0.229. The van der Waals surface area contributed by atoms with Crippen LogP contribution in [0.2, 0.25) is 0 Å². The highest BCUT2D eigenvalue weighted by Gasteiger charge is 2.14. The number of anilines is 1. The number of hydrogen-bond donors (Lipinski definition) is 2. The van der Waals surface area contributed by atoms with Crippen LogP contribution in [-0.4, -0.2) is 17.0 Å². The van der Waals surface area contributed by atoms with Crippen molar-refractivity contribution in [3.05, 3.63) is 57.3 Å². The number of thiophene rings is 1. The van der Waals surface area contributed by atoms with Gasteiger partial charge < -0.3 is 10.4 Å². The number of para-hydroxylation sites is 1. The zero-order valence-corrected chi connectivity index (χ0v) is 12.5. The Bertz CT molecular complexity index is 696. The van der Waals surface area contributed by atoms with E-state index < -0.39 is 5.97 Å². The maximum Gasteiger partial charge on any atom is 0.328 e. The van der Waals surface area contributed by atoms with Crippen molar-refractivity contribution in [2.24, 2.45) is 0 Å². The molecule has 2 N–H and O–H groups in total. The van der Waals surface area contributed by atoms with E-state index >= 15 is 0 Å². The quantitative estimate of drug-likeness (QED) is 0.846. The van der Waals surface area contributed by atoms with Gasteiger partial charge in [0, 0.05) is 11.8 Å². The summed E-state index contributed by atoms with van der Waals surface area (Å²) < 4.78 is 0. The fourth-order valence-electron chi connectivity index (χ4n) is 1.98. The molecule has 0 spiro atoms. The highest BCUT2D eigenvalue weighted by molar-refractivity contribution is 7.12. The van der Waals surface area contributed by atoms with Crippen LogP contribution in [0.5, 0.6) is 0 Å². The Balaban J connectivity index is 2.26. The summed E-state index contributed by atoms with van der Waals surface area (Å²) in [4.78, 5) is 23.4. The first-order chi connectivity index (χ1) is 9.99. The van der Waals surface area contributed by atoms with Crippen molar-refractivity contribution in [2.75, 3.05) is 5.32 Å².